The number of benzene rings is 4. The summed E-state index contributed by atoms with van der Waals surface area (Å²) >= 11 is 11.9. The van der Waals surface area contributed by atoms with E-state index in [-0.39, 0.29) is 39.9 Å². The molecule has 278 valence electrons. The number of aryl methyl sites for hydroxylation is 2. The van der Waals surface area contributed by atoms with Crippen molar-refractivity contribution in [3.05, 3.63) is 152 Å². The van der Waals surface area contributed by atoms with E-state index in [9.17, 15) is 20.1 Å². The lowest BCUT2D eigenvalue weighted by atomic mass is 10.0. The van der Waals surface area contributed by atoms with Crippen LogP contribution in [0.15, 0.2) is 97.1 Å². The molecule has 2 aromatic heterocycles. The number of nitrogens with one attached hydrogen (secondary N) is 1. The monoisotopic (exact) mass is 771 g/mol. The van der Waals surface area contributed by atoms with Crippen molar-refractivity contribution >= 4 is 46.4 Å². The lowest BCUT2D eigenvalue weighted by molar-refractivity contribution is 0.102. The summed E-state index contributed by atoms with van der Waals surface area (Å²) in [5.74, 6) is 0.326. The van der Waals surface area contributed by atoms with Gasteiger partial charge in [-0.05, 0) is 82.4 Å². The van der Waals surface area contributed by atoms with E-state index < -0.39 is 0 Å². The third-order valence-corrected chi connectivity index (χ3v) is 9.03. The van der Waals surface area contributed by atoms with Gasteiger partial charge in [0.05, 0.1) is 11.4 Å². The van der Waals surface area contributed by atoms with Crippen molar-refractivity contribution < 1.29 is 9.59 Å². The first-order valence-electron chi connectivity index (χ1n) is 17.3. The first-order chi connectivity index (χ1) is 26.3. The normalized spacial score (nSPS) is 11.2. The van der Waals surface area contributed by atoms with Crippen LogP contribution in [0.4, 0.5) is 11.6 Å². The van der Waals surface area contributed by atoms with Crippen LogP contribution in [-0.4, -0.2) is 63.2 Å². The van der Waals surface area contributed by atoms with Crippen LogP contribution in [0.25, 0.3) is 11.4 Å². The van der Waals surface area contributed by atoms with Crippen LogP contribution < -0.4 is 11.1 Å². The largest absolute Gasteiger partial charge is 0.382 e. The van der Waals surface area contributed by atoms with Crippen molar-refractivity contribution in [2.45, 2.75) is 20.8 Å². The minimum Gasteiger partial charge on any atom is -0.382 e. The summed E-state index contributed by atoms with van der Waals surface area (Å²) in [4.78, 5) is 28.0. The smallest absolute Gasteiger partial charge is 0.214 e. The van der Waals surface area contributed by atoms with E-state index in [0.717, 1.165) is 17.7 Å². The Kier molecular flexibility index (Phi) is 12.9. The summed E-state index contributed by atoms with van der Waals surface area (Å²) in [6.07, 6.45) is 0. The molecule has 0 bridgehead atoms. The summed E-state index contributed by atoms with van der Waals surface area (Å²) in [5.41, 5.74) is 10.9. The number of hydrogen-bond donors (Lipinski definition) is 2. The summed E-state index contributed by atoms with van der Waals surface area (Å²) < 4.78 is 2.98. The van der Waals surface area contributed by atoms with Crippen molar-refractivity contribution in [3.63, 3.8) is 0 Å². The minimum absolute atomic E-state index is 0.0359. The van der Waals surface area contributed by atoms with Gasteiger partial charge in [0, 0.05) is 34.3 Å². The molecule has 0 aliphatic rings. The second-order valence-corrected chi connectivity index (χ2v) is 14.2. The molecule has 0 radical (unpaired) electrons. The first-order valence-corrected chi connectivity index (χ1v) is 18.0. The molecule has 11 nitrogen and oxygen atoms in total. The van der Waals surface area contributed by atoms with Gasteiger partial charge in [-0.1, -0.05) is 89.8 Å². The summed E-state index contributed by atoms with van der Waals surface area (Å²) in [6.45, 7) is 7.53. The number of carbonyl (C=O) groups is 2. The molecule has 0 saturated carbocycles. The average Bonchev–Trinajstić information content (AvgIpc) is 3.71. The highest BCUT2D eigenvalue weighted by atomic mass is 35.5. The van der Waals surface area contributed by atoms with E-state index >= 15 is 0 Å². The third-order valence-electron chi connectivity index (χ3n) is 8.52. The van der Waals surface area contributed by atoms with Gasteiger partial charge in [0.25, 0.3) is 0 Å². The van der Waals surface area contributed by atoms with Crippen LogP contribution in [-0.2, 0) is 0 Å². The molecule has 0 saturated heterocycles. The number of carbonyl (C=O) groups excluding carboxylic acids is 2. The lowest BCUT2D eigenvalue weighted by Gasteiger charge is -2.18. The van der Waals surface area contributed by atoms with Gasteiger partial charge in [0.2, 0.25) is 11.6 Å². The van der Waals surface area contributed by atoms with E-state index in [2.05, 4.69) is 33.4 Å². The minimum atomic E-state index is -0.342. The lowest BCUT2D eigenvalue weighted by Crippen LogP contribution is -2.25. The molecular formula is C42H39Cl2N9O2. The Morgan fingerprint density at radius 2 is 1.15 bits per heavy atom. The number of nitrogens with two attached hydrogens (primary N) is 1. The van der Waals surface area contributed by atoms with Crippen molar-refractivity contribution in [2.75, 3.05) is 38.2 Å². The molecule has 55 heavy (non-hydrogen) atoms. The quantitative estimate of drug-likeness (QED) is 0.124. The summed E-state index contributed by atoms with van der Waals surface area (Å²) in [5, 5.41) is 32.6. The number of nitriles is 2. The standard InChI is InChI=1S/C24H26ClN5O.C18H13ClN4O/c1-16-5-7-18(8-6-16)23(31)22-21(13-26)24(27-14-17(2)15-29(3)4)30(28-22)20-11-9-19(25)10-12-20;1-11-2-4-12(5-3-11)17(24)16-15(10-20)18(21)23(22-16)14-8-6-13(19)7-9-14/h5-12,17,27H,14-15H2,1-4H3;2-9H,21H2,1H3. The van der Waals surface area contributed by atoms with Gasteiger partial charge in [-0.15, -0.1) is 0 Å². The van der Waals surface area contributed by atoms with Crippen LogP contribution in [0.5, 0.6) is 0 Å². The summed E-state index contributed by atoms with van der Waals surface area (Å²) in [7, 11) is 4.04. The molecule has 13 heteroatoms. The van der Waals surface area contributed by atoms with Crippen molar-refractivity contribution in [1.29, 1.82) is 10.5 Å². The Bertz CT molecular complexity index is 2390. The van der Waals surface area contributed by atoms with Crippen LogP contribution >= 0.6 is 23.2 Å². The Balaban J connectivity index is 0.000000218. The van der Waals surface area contributed by atoms with Crippen LogP contribution in [0.3, 0.4) is 0 Å². The maximum Gasteiger partial charge on any atom is 0.214 e. The molecule has 0 fully saturated rings. The van der Waals surface area contributed by atoms with Gasteiger partial charge in [0.1, 0.15) is 34.9 Å². The zero-order valence-electron chi connectivity index (χ0n) is 31.0. The van der Waals surface area contributed by atoms with Gasteiger partial charge in [-0.3, -0.25) is 9.59 Å². The Hall–Kier alpha value is -6.24. The Morgan fingerprint density at radius 3 is 1.58 bits per heavy atom. The number of hydrogen-bond acceptors (Lipinski definition) is 9. The third kappa shape index (κ3) is 9.47. The van der Waals surface area contributed by atoms with E-state index in [0.29, 0.717) is 50.8 Å². The van der Waals surface area contributed by atoms with Crippen molar-refractivity contribution in [2.24, 2.45) is 5.92 Å². The molecule has 0 aliphatic carbocycles. The van der Waals surface area contributed by atoms with Gasteiger partial charge in [-0.25, -0.2) is 9.36 Å². The first kappa shape index (κ1) is 40.0. The zero-order valence-corrected chi connectivity index (χ0v) is 32.5. The van der Waals surface area contributed by atoms with Crippen LogP contribution in [0.2, 0.25) is 10.0 Å². The molecule has 6 aromatic rings. The highest BCUT2D eigenvalue weighted by Gasteiger charge is 2.26. The second kappa shape index (κ2) is 17.7. The summed E-state index contributed by atoms with van der Waals surface area (Å²) in [6, 6.07) is 32.4. The number of halogens is 2. The van der Waals surface area contributed by atoms with E-state index in [4.69, 9.17) is 28.9 Å². The maximum atomic E-state index is 13.2. The average molecular weight is 773 g/mol. The fourth-order valence-electron chi connectivity index (χ4n) is 5.74. The highest BCUT2D eigenvalue weighted by Crippen LogP contribution is 2.27. The molecule has 3 N–H and O–H groups in total. The van der Waals surface area contributed by atoms with Gasteiger partial charge in [-0.2, -0.15) is 20.7 Å². The SMILES string of the molecule is Cc1ccc(C(=O)c2nn(-c3ccc(Cl)cc3)c(N)c2C#N)cc1.Cc1ccc(C(=O)c2nn(-c3ccc(Cl)cc3)c(NCC(C)CN(C)C)c2C#N)cc1. The molecule has 0 spiro atoms. The van der Waals surface area contributed by atoms with Crippen LogP contribution in [0.1, 0.15) is 61.3 Å². The molecule has 0 aliphatic heterocycles. The van der Waals surface area contributed by atoms with Crippen molar-refractivity contribution in [1.82, 2.24) is 24.5 Å². The van der Waals surface area contributed by atoms with Gasteiger partial charge >= 0.3 is 0 Å². The van der Waals surface area contributed by atoms with Crippen molar-refractivity contribution in [3.8, 4) is 23.5 Å². The Labute approximate surface area is 330 Å². The van der Waals surface area contributed by atoms with Gasteiger partial charge in [0.15, 0.2) is 11.4 Å². The highest BCUT2D eigenvalue weighted by molar-refractivity contribution is 6.30. The molecule has 6 rings (SSSR count). The van der Waals surface area contributed by atoms with E-state index in [1.807, 2.05) is 70.4 Å². The zero-order chi connectivity index (χ0) is 39.8. The molecule has 1 unspecified atom stereocenters. The predicted octanol–water partition coefficient (Wildman–Crippen LogP) is 8.07. The molecule has 0 amide bonds. The topological polar surface area (TPSA) is 159 Å². The number of ketones is 2. The predicted molar refractivity (Wildman–Crippen MR) is 216 cm³/mol. The maximum absolute atomic E-state index is 13.2. The van der Waals surface area contributed by atoms with E-state index in [1.165, 1.54) is 4.68 Å². The van der Waals surface area contributed by atoms with E-state index in [1.54, 1.807) is 65.3 Å². The fraction of sp³-hybridized carbons (Fsp3) is 0.190. The Morgan fingerprint density at radius 1 is 0.727 bits per heavy atom. The van der Waals surface area contributed by atoms with Gasteiger partial charge < -0.3 is 16.0 Å². The molecule has 1 atom stereocenters. The number of aromatic nitrogens is 4. The second-order valence-electron chi connectivity index (χ2n) is 13.3. The molecule has 2 heterocycles. The molecule has 4 aromatic carbocycles. The fourth-order valence-corrected chi connectivity index (χ4v) is 5.99. The molecular weight excluding hydrogens is 733 g/mol. The number of rotatable bonds is 11. The number of nitrogens with zero attached hydrogens (tertiary/aromatic N) is 7. The number of anilines is 2. The van der Waals surface area contributed by atoms with Crippen LogP contribution in [0, 0.1) is 42.4 Å². The number of nitrogen functional groups attached to an aromatic ring is 1.